The maximum atomic E-state index is 12.6. The summed E-state index contributed by atoms with van der Waals surface area (Å²) in [4.78, 5) is 19.4. The zero-order valence-corrected chi connectivity index (χ0v) is 16.9. The van der Waals surface area contributed by atoms with Gasteiger partial charge in [0, 0.05) is 38.1 Å². The maximum absolute atomic E-state index is 12.6. The van der Waals surface area contributed by atoms with E-state index in [0.717, 1.165) is 38.3 Å². The Bertz CT molecular complexity index is 523. The summed E-state index contributed by atoms with van der Waals surface area (Å²) in [5.74, 6) is 1.13. The summed E-state index contributed by atoms with van der Waals surface area (Å²) < 4.78 is 5.68. The third-order valence-electron chi connectivity index (χ3n) is 5.02. The summed E-state index contributed by atoms with van der Waals surface area (Å²) in [5, 5.41) is 0. The summed E-state index contributed by atoms with van der Waals surface area (Å²) in [6.45, 7) is 8.96. The number of hydrogen-bond donors (Lipinski definition) is 0. The van der Waals surface area contributed by atoms with Gasteiger partial charge >= 0.3 is 0 Å². The molecule has 1 aliphatic heterocycles. The first-order valence-electron chi connectivity index (χ1n) is 9.83. The van der Waals surface area contributed by atoms with E-state index in [9.17, 15) is 4.79 Å². The van der Waals surface area contributed by atoms with Gasteiger partial charge in [0.2, 0.25) is 5.91 Å². The van der Waals surface area contributed by atoms with Crippen molar-refractivity contribution in [3.05, 3.63) is 30.3 Å². The molecule has 0 N–H and O–H groups in total. The summed E-state index contributed by atoms with van der Waals surface area (Å²) in [6.07, 6.45) is 2.50. The van der Waals surface area contributed by atoms with Gasteiger partial charge in [0.1, 0.15) is 5.75 Å². The Labute approximate surface area is 158 Å². The Morgan fingerprint density at radius 1 is 1.12 bits per heavy atom. The minimum Gasteiger partial charge on any atom is -0.494 e. The molecule has 0 aliphatic carbocycles. The van der Waals surface area contributed by atoms with Crippen molar-refractivity contribution in [1.29, 1.82) is 0 Å². The molecule has 0 saturated carbocycles. The molecule has 1 aliphatic rings. The van der Waals surface area contributed by atoms with E-state index in [1.807, 2.05) is 35.2 Å². The number of amides is 1. The molecule has 5 nitrogen and oxygen atoms in total. The summed E-state index contributed by atoms with van der Waals surface area (Å²) in [5.41, 5.74) is 0. The molecule has 1 fully saturated rings. The van der Waals surface area contributed by atoms with E-state index in [0.29, 0.717) is 25.1 Å². The molecule has 1 heterocycles. The number of carbonyl (C=O) groups excluding carboxylic acids is 1. The average Bonchev–Trinajstić information content (AvgIpc) is 2.61. The van der Waals surface area contributed by atoms with Gasteiger partial charge in [-0.1, -0.05) is 18.2 Å². The third kappa shape index (κ3) is 6.61. The smallest absolute Gasteiger partial charge is 0.222 e. The first-order valence-corrected chi connectivity index (χ1v) is 9.83. The zero-order chi connectivity index (χ0) is 18.9. The van der Waals surface area contributed by atoms with E-state index < -0.39 is 0 Å². The highest BCUT2D eigenvalue weighted by atomic mass is 16.5. The van der Waals surface area contributed by atoms with Crippen LogP contribution in [0.1, 0.15) is 33.1 Å². The van der Waals surface area contributed by atoms with Crippen LogP contribution in [0.15, 0.2) is 30.3 Å². The normalized spacial score (nSPS) is 21.2. The Balaban J connectivity index is 1.69. The second-order valence-electron chi connectivity index (χ2n) is 7.66. The zero-order valence-electron chi connectivity index (χ0n) is 16.9. The summed E-state index contributed by atoms with van der Waals surface area (Å²) in [7, 11) is 4.23. The van der Waals surface area contributed by atoms with Gasteiger partial charge in [0.25, 0.3) is 0 Å². The summed E-state index contributed by atoms with van der Waals surface area (Å²) >= 11 is 0. The molecule has 2 atom stereocenters. The predicted octanol–water partition coefficient (Wildman–Crippen LogP) is 2.72. The van der Waals surface area contributed by atoms with Gasteiger partial charge in [-0.25, -0.2) is 0 Å². The molecule has 1 aromatic carbocycles. The van der Waals surface area contributed by atoms with Crippen molar-refractivity contribution in [2.24, 2.45) is 0 Å². The topological polar surface area (TPSA) is 36.0 Å². The highest BCUT2D eigenvalue weighted by molar-refractivity contribution is 5.76. The maximum Gasteiger partial charge on any atom is 0.222 e. The molecule has 0 spiro atoms. The average molecular weight is 362 g/mol. The standard InChI is InChI=1S/C21H35N3O2/c1-18-16-23(17-19(2)24(18)14-9-13-22(3)4)21(25)12-8-15-26-20-10-6-5-7-11-20/h5-7,10-11,18-19H,8-9,12-17H2,1-4H3. The SMILES string of the molecule is CC1CN(C(=O)CCCOc2ccccc2)CC(C)N1CCCN(C)C. The quantitative estimate of drug-likeness (QED) is 0.634. The lowest BCUT2D eigenvalue weighted by Gasteiger charge is -2.44. The molecule has 0 aromatic heterocycles. The second-order valence-corrected chi connectivity index (χ2v) is 7.66. The number of piperazine rings is 1. The molecule has 146 valence electrons. The number of hydrogen-bond acceptors (Lipinski definition) is 4. The molecular weight excluding hydrogens is 326 g/mol. The fraction of sp³-hybridized carbons (Fsp3) is 0.667. The van der Waals surface area contributed by atoms with Crippen LogP contribution >= 0.6 is 0 Å². The Morgan fingerprint density at radius 3 is 2.38 bits per heavy atom. The van der Waals surface area contributed by atoms with Crippen LogP contribution in [0.2, 0.25) is 0 Å². The number of carbonyl (C=O) groups is 1. The minimum absolute atomic E-state index is 0.258. The van der Waals surface area contributed by atoms with Gasteiger partial charge in [-0.2, -0.15) is 0 Å². The van der Waals surface area contributed by atoms with Crippen LogP contribution in [0.3, 0.4) is 0 Å². The Morgan fingerprint density at radius 2 is 1.77 bits per heavy atom. The van der Waals surface area contributed by atoms with Crippen molar-refractivity contribution in [1.82, 2.24) is 14.7 Å². The van der Waals surface area contributed by atoms with Crippen molar-refractivity contribution in [3.63, 3.8) is 0 Å². The molecule has 5 heteroatoms. The van der Waals surface area contributed by atoms with Gasteiger partial charge in [0.05, 0.1) is 6.61 Å². The van der Waals surface area contributed by atoms with Gasteiger partial charge in [-0.05, 0) is 59.5 Å². The molecule has 2 unspecified atom stereocenters. The lowest BCUT2D eigenvalue weighted by atomic mass is 10.1. The molecule has 0 bridgehead atoms. The first-order chi connectivity index (χ1) is 12.5. The van der Waals surface area contributed by atoms with Crippen molar-refractivity contribution in [2.75, 3.05) is 46.9 Å². The Hall–Kier alpha value is -1.59. The van der Waals surface area contributed by atoms with Crippen molar-refractivity contribution >= 4 is 5.91 Å². The third-order valence-corrected chi connectivity index (χ3v) is 5.02. The largest absolute Gasteiger partial charge is 0.494 e. The monoisotopic (exact) mass is 361 g/mol. The number of para-hydroxylation sites is 1. The second kappa shape index (κ2) is 10.5. The van der Waals surface area contributed by atoms with E-state index in [1.54, 1.807) is 0 Å². The fourth-order valence-corrected chi connectivity index (χ4v) is 3.66. The van der Waals surface area contributed by atoms with Crippen LogP contribution in [-0.4, -0.2) is 79.6 Å². The lowest BCUT2D eigenvalue weighted by molar-refractivity contribution is -0.135. The van der Waals surface area contributed by atoms with Crippen LogP contribution in [0.4, 0.5) is 0 Å². The highest BCUT2D eigenvalue weighted by Crippen LogP contribution is 2.17. The molecule has 1 aromatic rings. The van der Waals surface area contributed by atoms with Crippen molar-refractivity contribution < 1.29 is 9.53 Å². The molecule has 2 rings (SSSR count). The fourth-order valence-electron chi connectivity index (χ4n) is 3.66. The minimum atomic E-state index is 0.258. The highest BCUT2D eigenvalue weighted by Gasteiger charge is 2.30. The van der Waals surface area contributed by atoms with Gasteiger partial charge in [-0.3, -0.25) is 9.69 Å². The van der Waals surface area contributed by atoms with Crippen LogP contribution in [0, 0.1) is 0 Å². The molecule has 1 amide bonds. The van der Waals surface area contributed by atoms with Crippen LogP contribution < -0.4 is 4.74 Å². The van der Waals surface area contributed by atoms with E-state index in [1.165, 1.54) is 6.42 Å². The number of ether oxygens (including phenoxy) is 1. The van der Waals surface area contributed by atoms with E-state index >= 15 is 0 Å². The number of benzene rings is 1. The molecular formula is C21H35N3O2. The lowest BCUT2D eigenvalue weighted by Crippen LogP contribution is -2.58. The van der Waals surface area contributed by atoms with E-state index in [-0.39, 0.29) is 5.91 Å². The van der Waals surface area contributed by atoms with Crippen molar-refractivity contribution in [2.45, 2.75) is 45.2 Å². The van der Waals surface area contributed by atoms with E-state index in [4.69, 9.17) is 4.74 Å². The van der Waals surface area contributed by atoms with Crippen LogP contribution in [0.5, 0.6) is 5.75 Å². The first kappa shape index (κ1) is 20.7. The Kier molecular flexibility index (Phi) is 8.39. The molecule has 1 saturated heterocycles. The van der Waals surface area contributed by atoms with Gasteiger partial charge < -0.3 is 14.5 Å². The molecule has 26 heavy (non-hydrogen) atoms. The van der Waals surface area contributed by atoms with Crippen LogP contribution in [0.25, 0.3) is 0 Å². The van der Waals surface area contributed by atoms with E-state index in [2.05, 4.69) is 37.7 Å². The number of nitrogens with zero attached hydrogens (tertiary/aromatic N) is 3. The number of rotatable bonds is 9. The summed E-state index contributed by atoms with van der Waals surface area (Å²) in [6, 6.07) is 10.6. The van der Waals surface area contributed by atoms with Crippen molar-refractivity contribution in [3.8, 4) is 5.75 Å². The predicted molar refractivity (Wildman–Crippen MR) is 107 cm³/mol. The van der Waals surface area contributed by atoms with Gasteiger partial charge in [-0.15, -0.1) is 0 Å². The van der Waals surface area contributed by atoms with Gasteiger partial charge in [0.15, 0.2) is 0 Å². The van der Waals surface area contributed by atoms with Crippen LogP contribution in [-0.2, 0) is 4.79 Å². The molecule has 0 radical (unpaired) electrons.